The molecule has 0 radical (unpaired) electrons. The molecule has 2 aromatic carbocycles. The Kier molecular flexibility index (Phi) is 4.81. The van der Waals surface area contributed by atoms with E-state index >= 15 is 0 Å². The Balaban J connectivity index is 1.99. The van der Waals surface area contributed by atoms with E-state index in [0.29, 0.717) is 11.4 Å². The second kappa shape index (κ2) is 6.37. The average molecular weight is 326 g/mol. The van der Waals surface area contributed by atoms with Crippen molar-refractivity contribution in [3.8, 4) is 0 Å². The topological polar surface area (TPSA) is 20.2 Å². The van der Waals surface area contributed by atoms with Crippen LogP contribution >= 0.6 is 27.5 Å². The van der Waals surface area contributed by atoms with Gasteiger partial charge in [0.25, 0.3) is 0 Å². The van der Waals surface area contributed by atoms with Crippen molar-refractivity contribution in [1.82, 2.24) is 0 Å². The van der Waals surface area contributed by atoms with E-state index in [1.807, 2.05) is 30.3 Å². The number of aliphatic hydroxyl groups excluding tert-OH is 1. The summed E-state index contributed by atoms with van der Waals surface area (Å²) in [6, 6.07) is 15.7. The Hall–Kier alpha value is -0.830. The SMILES string of the molecule is OC(CCc1ccccc1)c1ccc(Br)c(Cl)c1. The lowest BCUT2D eigenvalue weighted by Gasteiger charge is -2.11. The van der Waals surface area contributed by atoms with E-state index in [1.165, 1.54) is 5.56 Å². The quantitative estimate of drug-likeness (QED) is 0.858. The molecule has 0 bridgehead atoms. The van der Waals surface area contributed by atoms with E-state index in [4.69, 9.17) is 11.6 Å². The Morgan fingerprint density at radius 3 is 2.50 bits per heavy atom. The Morgan fingerprint density at radius 1 is 1.11 bits per heavy atom. The third-order valence-corrected chi connectivity index (χ3v) is 4.11. The van der Waals surface area contributed by atoms with Crippen LogP contribution in [0.5, 0.6) is 0 Å². The molecule has 0 aliphatic carbocycles. The summed E-state index contributed by atoms with van der Waals surface area (Å²) in [7, 11) is 0. The van der Waals surface area contributed by atoms with Crippen LogP contribution in [0.1, 0.15) is 23.7 Å². The van der Waals surface area contributed by atoms with Crippen molar-refractivity contribution in [3.63, 3.8) is 0 Å². The number of aliphatic hydroxyl groups is 1. The Morgan fingerprint density at radius 2 is 1.83 bits per heavy atom. The Labute approximate surface area is 121 Å². The van der Waals surface area contributed by atoms with Crippen LogP contribution in [0, 0.1) is 0 Å². The molecule has 0 spiro atoms. The zero-order valence-corrected chi connectivity index (χ0v) is 12.2. The number of rotatable bonds is 4. The van der Waals surface area contributed by atoms with Crippen LogP contribution in [0.25, 0.3) is 0 Å². The molecule has 0 aliphatic rings. The van der Waals surface area contributed by atoms with Crippen LogP contribution in [0.3, 0.4) is 0 Å². The van der Waals surface area contributed by atoms with Crippen molar-refractivity contribution in [2.45, 2.75) is 18.9 Å². The predicted octanol–water partition coefficient (Wildman–Crippen LogP) is 4.77. The fourth-order valence-corrected chi connectivity index (χ4v) is 2.27. The summed E-state index contributed by atoms with van der Waals surface area (Å²) in [4.78, 5) is 0. The summed E-state index contributed by atoms with van der Waals surface area (Å²) in [6.45, 7) is 0. The zero-order valence-electron chi connectivity index (χ0n) is 9.81. The third-order valence-electron chi connectivity index (χ3n) is 2.88. The molecule has 0 saturated heterocycles. The summed E-state index contributed by atoms with van der Waals surface area (Å²) < 4.78 is 0.850. The summed E-state index contributed by atoms with van der Waals surface area (Å²) in [6.07, 6.45) is 1.08. The lowest BCUT2D eigenvalue weighted by molar-refractivity contribution is 0.168. The van der Waals surface area contributed by atoms with Gasteiger partial charge in [-0.15, -0.1) is 0 Å². The van der Waals surface area contributed by atoms with Crippen LogP contribution < -0.4 is 0 Å². The molecule has 3 heteroatoms. The van der Waals surface area contributed by atoms with Crippen LogP contribution in [0.15, 0.2) is 53.0 Å². The normalized spacial score (nSPS) is 12.4. The maximum atomic E-state index is 10.1. The maximum absolute atomic E-state index is 10.1. The molecule has 0 aliphatic heterocycles. The molecule has 0 saturated carbocycles. The molecule has 2 rings (SSSR count). The molecule has 18 heavy (non-hydrogen) atoms. The predicted molar refractivity (Wildman–Crippen MR) is 78.9 cm³/mol. The minimum Gasteiger partial charge on any atom is -0.388 e. The first-order valence-electron chi connectivity index (χ1n) is 5.84. The lowest BCUT2D eigenvalue weighted by atomic mass is 10.0. The summed E-state index contributed by atoms with van der Waals surface area (Å²) >= 11 is 9.36. The van der Waals surface area contributed by atoms with E-state index in [2.05, 4.69) is 28.1 Å². The van der Waals surface area contributed by atoms with Crippen LogP contribution in [-0.4, -0.2) is 5.11 Å². The van der Waals surface area contributed by atoms with Crippen molar-refractivity contribution in [2.24, 2.45) is 0 Å². The van der Waals surface area contributed by atoms with E-state index in [-0.39, 0.29) is 0 Å². The number of aryl methyl sites for hydroxylation is 1. The highest BCUT2D eigenvalue weighted by Crippen LogP contribution is 2.27. The van der Waals surface area contributed by atoms with Gasteiger partial charge >= 0.3 is 0 Å². The molecule has 0 aromatic heterocycles. The summed E-state index contributed by atoms with van der Waals surface area (Å²) in [5.74, 6) is 0. The lowest BCUT2D eigenvalue weighted by Crippen LogP contribution is -1.99. The number of benzene rings is 2. The molecule has 1 nitrogen and oxygen atoms in total. The van der Waals surface area contributed by atoms with Gasteiger partial charge in [0.1, 0.15) is 0 Å². The Bertz CT molecular complexity index is 513. The van der Waals surface area contributed by atoms with Gasteiger partial charge < -0.3 is 5.11 Å². The highest BCUT2D eigenvalue weighted by Gasteiger charge is 2.09. The average Bonchev–Trinajstić information content (AvgIpc) is 2.40. The molecule has 0 amide bonds. The number of hydrogen-bond acceptors (Lipinski definition) is 1. The highest BCUT2D eigenvalue weighted by atomic mass is 79.9. The van der Waals surface area contributed by atoms with E-state index in [9.17, 15) is 5.11 Å². The third kappa shape index (κ3) is 3.58. The van der Waals surface area contributed by atoms with Crippen molar-refractivity contribution in [2.75, 3.05) is 0 Å². The smallest absolute Gasteiger partial charge is 0.0793 e. The second-order valence-electron chi connectivity index (χ2n) is 4.21. The largest absolute Gasteiger partial charge is 0.388 e. The molecule has 1 N–H and O–H groups in total. The standard InChI is InChI=1S/C15H14BrClO/c16-13-8-7-12(10-14(13)17)15(18)9-6-11-4-2-1-3-5-11/h1-5,7-8,10,15,18H,6,9H2. The summed E-state index contributed by atoms with van der Waals surface area (Å²) in [5.41, 5.74) is 2.10. The van der Waals surface area contributed by atoms with Crippen molar-refractivity contribution >= 4 is 27.5 Å². The molecule has 94 valence electrons. The fourth-order valence-electron chi connectivity index (χ4n) is 1.83. The fraction of sp³-hybridized carbons (Fsp3) is 0.200. The monoisotopic (exact) mass is 324 g/mol. The first kappa shape index (κ1) is 13.6. The van der Waals surface area contributed by atoms with Crippen LogP contribution in [0.2, 0.25) is 5.02 Å². The van der Waals surface area contributed by atoms with Gasteiger partial charge in [0, 0.05) is 4.47 Å². The molecule has 1 unspecified atom stereocenters. The zero-order chi connectivity index (χ0) is 13.0. The summed E-state index contributed by atoms with van der Waals surface area (Å²) in [5, 5.41) is 10.8. The first-order valence-corrected chi connectivity index (χ1v) is 7.01. The van der Waals surface area contributed by atoms with Crippen molar-refractivity contribution < 1.29 is 5.11 Å². The first-order chi connectivity index (χ1) is 8.66. The molecule has 0 heterocycles. The molecular weight excluding hydrogens is 312 g/mol. The van der Waals surface area contributed by atoms with Gasteiger partial charge in [-0.3, -0.25) is 0 Å². The van der Waals surface area contributed by atoms with Gasteiger partial charge in [0.15, 0.2) is 0 Å². The molecule has 2 aromatic rings. The van der Waals surface area contributed by atoms with Crippen LogP contribution in [-0.2, 0) is 6.42 Å². The second-order valence-corrected chi connectivity index (χ2v) is 5.48. The van der Waals surface area contributed by atoms with E-state index in [0.717, 1.165) is 16.5 Å². The van der Waals surface area contributed by atoms with Gasteiger partial charge in [0.2, 0.25) is 0 Å². The van der Waals surface area contributed by atoms with Gasteiger partial charge in [-0.1, -0.05) is 48.0 Å². The van der Waals surface area contributed by atoms with Crippen LogP contribution in [0.4, 0.5) is 0 Å². The maximum Gasteiger partial charge on any atom is 0.0793 e. The van der Waals surface area contributed by atoms with Crippen molar-refractivity contribution in [1.29, 1.82) is 0 Å². The van der Waals surface area contributed by atoms with Crippen molar-refractivity contribution in [3.05, 3.63) is 69.2 Å². The van der Waals surface area contributed by atoms with Gasteiger partial charge in [-0.25, -0.2) is 0 Å². The minimum atomic E-state index is -0.476. The number of hydrogen-bond donors (Lipinski definition) is 1. The van der Waals surface area contributed by atoms with Gasteiger partial charge in [-0.05, 0) is 52.0 Å². The minimum absolute atomic E-state index is 0.476. The highest BCUT2D eigenvalue weighted by molar-refractivity contribution is 9.10. The molecule has 1 atom stereocenters. The van der Waals surface area contributed by atoms with E-state index < -0.39 is 6.10 Å². The number of halogens is 2. The van der Waals surface area contributed by atoms with Gasteiger partial charge in [-0.2, -0.15) is 0 Å². The molecule has 0 fully saturated rings. The van der Waals surface area contributed by atoms with E-state index in [1.54, 1.807) is 6.07 Å². The van der Waals surface area contributed by atoms with Gasteiger partial charge in [0.05, 0.1) is 11.1 Å². The molecular formula is C15H14BrClO.